The molecule has 0 atom stereocenters. The van der Waals surface area contributed by atoms with Crippen LogP contribution in [0.2, 0.25) is 0 Å². The van der Waals surface area contributed by atoms with Crippen LogP contribution in [0.15, 0.2) is 83.7 Å². The quantitative estimate of drug-likeness (QED) is 0.217. The number of para-hydroxylation sites is 2. The van der Waals surface area contributed by atoms with Crippen molar-refractivity contribution < 1.29 is 18.7 Å². The lowest BCUT2D eigenvalue weighted by atomic mass is 10.0. The fraction of sp³-hybridized carbons (Fsp3) is 0.212. The zero-order valence-corrected chi connectivity index (χ0v) is 23.3. The van der Waals surface area contributed by atoms with E-state index in [0.29, 0.717) is 33.7 Å². The minimum Gasteiger partial charge on any atom is -0.493 e. The van der Waals surface area contributed by atoms with E-state index in [0.717, 1.165) is 30.6 Å². The number of rotatable bonds is 10. The molecule has 7 nitrogen and oxygen atoms in total. The number of pyridine rings is 1. The van der Waals surface area contributed by atoms with Crippen LogP contribution in [-0.4, -0.2) is 43.6 Å². The van der Waals surface area contributed by atoms with E-state index in [1.165, 1.54) is 12.1 Å². The molecule has 0 saturated carbocycles. The number of carbonyl (C=O) groups excluding carboxylic acids is 1. The van der Waals surface area contributed by atoms with Gasteiger partial charge in [-0.1, -0.05) is 36.4 Å². The van der Waals surface area contributed by atoms with Crippen LogP contribution in [0, 0.1) is 5.82 Å². The number of likely N-dealkylation sites (N-methyl/N-ethyl adjacent to an activating group) is 1. The van der Waals surface area contributed by atoms with Crippen molar-refractivity contribution in [1.82, 2.24) is 9.88 Å². The Morgan fingerprint density at radius 1 is 0.878 bits per heavy atom. The predicted molar refractivity (Wildman–Crippen MR) is 160 cm³/mol. The number of carbonyl (C=O) groups is 1. The number of hydrogen-bond donors (Lipinski definition) is 2. The normalized spacial score (nSPS) is 11.2. The highest BCUT2D eigenvalue weighted by atomic mass is 19.1. The fourth-order valence-corrected chi connectivity index (χ4v) is 5.07. The van der Waals surface area contributed by atoms with E-state index in [1.807, 2.05) is 42.5 Å². The Kier molecular flexibility index (Phi) is 8.31. The number of nitrogens with one attached hydrogen (secondary N) is 2. The molecule has 0 spiro atoms. The minimum absolute atomic E-state index is 0.0333. The Labute approximate surface area is 237 Å². The van der Waals surface area contributed by atoms with Gasteiger partial charge < -0.3 is 24.7 Å². The SMILES string of the molecule is COc1ccc(CN(C)CCc2cccc(NC(=O)Cc3cccc4c(=O)c5cccc(F)c5[nH]c34)c2)cc1OC. The topological polar surface area (TPSA) is 83.7 Å². The number of halogens is 1. The van der Waals surface area contributed by atoms with E-state index in [1.54, 1.807) is 38.5 Å². The Hall–Kier alpha value is -4.69. The van der Waals surface area contributed by atoms with Crippen molar-refractivity contribution in [3.8, 4) is 11.5 Å². The largest absolute Gasteiger partial charge is 0.493 e. The maximum Gasteiger partial charge on any atom is 0.228 e. The summed E-state index contributed by atoms with van der Waals surface area (Å²) in [6.07, 6.45) is 0.836. The number of H-pyrrole nitrogens is 1. The zero-order chi connectivity index (χ0) is 28.9. The molecule has 5 rings (SSSR count). The highest BCUT2D eigenvalue weighted by molar-refractivity contribution is 5.98. The zero-order valence-electron chi connectivity index (χ0n) is 23.3. The second kappa shape index (κ2) is 12.2. The third-order valence-corrected chi connectivity index (χ3v) is 7.15. The Morgan fingerprint density at radius 3 is 2.39 bits per heavy atom. The summed E-state index contributed by atoms with van der Waals surface area (Å²) in [5.41, 5.74) is 3.88. The van der Waals surface area contributed by atoms with Crippen LogP contribution in [0.1, 0.15) is 16.7 Å². The first-order chi connectivity index (χ1) is 19.9. The van der Waals surface area contributed by atoms with Gasteiger partial charge in [0.15, 0.2) is 16.9 Å². The lowest BCUT2D eigenvalue weighted by Crippen LogP contribution is -2.21. The summed E-state index contributed by atoms with van der Waals surface area (Å²) < 4.78 is 25.2. The second-order valence-corrected chi connectivity index (χ2v) is 10.1. The summed E-state index contributed by atoms with van der Waals surface area (Å²) in [5.74, 6) is 0.674. The summed E-state index contributed by atoms with van der Waals surface area (Å²) in [4.78, 5) is 31.3. The lowest BCUT2D eigenvalue weighted by molar-refractivity contribution is -0.115. The van der Waals surface area contributed by atoms with Crippen LogP contribution >= 0.6 is 0 Å². The van der Waals surface area contributed by atoms with E-state index in [4.69, 9.17) is 9.47 Å². The molecule has 0 bridgehead atoms. The number of ether oxygens (including phenoxy) is 2. The van der Waals surface area contributed by atoms with Gasteiger partial charge in [-0.15, -0.1) is 0 Å². The number of aromatic amines is 1. The molecule has 0 radical (unpaired) electrons. The van der Waals surface area contributed by atoms with Crippen molar-refractivity contribution in [3.05, 3.63) is 112 Å². The van der Waals surface area contributed by atoms with Crippen LogP contribution in [0.4, 0.5) is 10.1 Å². The van der Waals surface area contributed by atoms with Crippen molar-refractivity contribution >= 4 is 33.4 Å². The fourth-order valence-electron chi connectivity index (χ4n) is 5.07. The van der Waals surface area contributed by atoms with Crippen LogP contribution in [-0.2, 0) is 24.2 Å². The van der Waals surface area contributed by atoms with Gasteiger partial charge in [-0.3, -0.25) is 9.59 Å². The van der Waals surface area contributed by atoms with Gasteiger partial charge in [0.05, 0.1) is 31.7 Å². The molecular weight excluding hydrogens is 521 g/mol. The molecular formula is C33H32FN3O4. The molecule has 2 N–H and O–H groups in total. The summed E-state index contributed by atoms with van der Waals surface area (Å²) >= 11 is 0. The third kappa shape index (κ3) is 6.23. The number of hydrogen-bond acceptors (Lipinski definition) is 5. The number of fused-ring (bicyclic) bond motifs is 2. The van der Waals surface area contributed by atoms with Crippen molar-refractivity contribution in [2.24, 2.45) is 0 Å². The van der Waals surface area contributed by atoms with Crippen LogP contribution in [0.25, 0.3) is 21.8 Å². The maximum atomic E-state index is 14.4. The average Bonchev–Trinajstić information content (AvgIpc) is 2.97. The first kappa shape index (κ1) is 27.9. The number of nitrogens with zero attached hydrogens (tertiary/aromatic N) is 1. The molecule has 210 valence electrons. The third-order valence-electron chi connectivity index (χ3n) is 7.15. The molecule has 5 aromatic rings. The number of anilines is 1. The van der Waals surface area contributed by atoms with E-state index < -0.39 is 5.82 Å². The molecule has 8 heteroatoms. The molecule has 41 heavy (non-hydrogen) atoms. The summed E-state index contributed by atoms with van der Waals surface area (Å²) in [7, 11) is 5.31. The molecule has 0 fully saturated rings. The molecule has 0 aliphatic heterocycles. The van der Waals surface area contributed by atoms with Gasteiger partial charge in [-0.05, 0) is 72.6 Å². The standard InChI is InChI=1S/C33H32FN3O4/c1-37(20-22-13-14-28(40-2)29(18-22)41-3)16-15-21-7-4-9-24(17-21)35-30(38)19-23-8-5-10-25-31(23)36-32-26(33(25)39)11-6-12-27(32)34/h4-14,17-18H,15-16,19-20H2,1-3H3,(H,35,38)(H,36,39). The number of benzene rings is 4. The van der Waals surface area contributed by atoms with Gasteiger partial charge >= 0.3 is 0 Å². The van der Waals surface area contributed by atoms with Gasteiger partial charge in [-0.25, -0.2) is 4.39 Å². The maximum absolute atomic E-state index is 14.4. The van der Waals surface area contributed by atoms with E-state index in [2.05, 4.69) is 22.2 Å². The summed E-state index contributed by atoms with van der Waals surface area (Å²) in [5, 5.41) is 3.67. The van der Waals surface area contributed by atoms with Crippen molar-refractivity contribution in [1.29, 1.82) is 0 Å². The first-order valence-electron chi connectivity index (χ1n) is 13.4. The first-order valence-corrected chi connectivity index (χ1v) is 13.4. The highest BCUT2D eigenvalue weighted by Gasteiger charge is 2.14. The summed E-state index contributed by atoms with van der Waals surface area (Å²) in [6, 6.07) is 23.3. The minimum atomic E-state index is -0.507. The van der Waals surface area contributed by atoms with E-state index in [-0.39, 0.29) is 28.7 Å². The lowest BCUT2D eigenvalue weighted by Gasteiger charge is -2.18. The van der Waals surface area contributed by atoms with Gasteiger partial charge in [-0.2, -0.15) is 0 Å². The average molecular weight is 554 g/mol. The van der Waals surface area contributed by atoms with Gasteiger partial charge in [0.2, 0.25) is 5.91 Å². The monoisotopic (exact) mass is 553 g/mol. The second-order valence-electron chi connectivity index (χ2n) is 10.1. The van der Waals surface area contributed by atoms with Crippen molar-refractivity contribution in [3.63, 3.8) is 0 Å². The number of aromatic nitrogens is 1. The van der Waals surface area contributed by atoms with Crippen molar-refractivity contribution in [2.45, 2.75) is 19.4 Å². The van der Waals surface area contributed by atoms with Gasteiger partial charge in [0, 0.05) is 29.5 Å². The van der Waals surface area contributed by atoms with Crippen molar-refractivity contribution in [2.75, 3.05) is 33.1 Å². The molecule has 1 aromatic heterocycles. The van der Waals surface area contributed by atoms with E-state index in [9.17, 15) is 14.0 Å². The smallest absolute Gasteiger partial charge is 0.228 e. The molecule has 0 saturated heterocycles. The molecule has 0 aliphatic rings. The van der Waals surface area contributed by atoms with E-state index >= 15 is 0 Å². The predicted octanol–water partition coefficient (Wildman–Crippen LogP) is 5.69. The summed E-state index contributed by atoms with van der Waals surface area (Å²) in [6.45, 7) is 1.57. The Balaban J connectivity index is 1.24. The molecule has 1 amide bonds. The Morgan fingerprint density at radius 2 is 1.61 bits per heavy atom. The molecule has 0 aliphatic carbocycles. The number of methoxy groups -OCH3 is 2. The van der Waals surface area contributed by atoms with Gasteiger partial charge in [0.1, 0.15) is 5.82 Å². The van der Waals surface area contributed by atoms with Crippen LogP contribution in [0.5, 0.6) is 11.5 Å². The molecule has 1 heterocycles. The number of amides is 1. The molecule has 0 unspecified atom stereocenters. The highest BCUT2D eigenvalue weighted by Crippen LogP contribution is 2.28. The van der Waals surface area contributed by atoms with Crippen LogP contribution in [0.3, 0.4) is 0 Å². The van der Waals surface area contributed by atoms with Crippen LogP contribution < -0.4 is 20.2 Å². The molecule has 4 aromatic carbocycles. The Bertz CT molecular complexity index is 1780. The van der Waals surface area contributed by atoms with Gasteiger partial charge in [0.25, 0.3) is 0 Å².